The van der Waals surface area contributed by atoms with Crippen LogP contribution in [0, 0.1) is 0 Å². The van der Waals surface area contributed by atoms with Gasteiger partial charge in [-0.2, -0.15) is 0 Å². The Labute approximate surface area is 180 Å². The Bertz CT molecular complexity index is 648. The number of rotatable bonds is 11. The lowest BCUT2D eigenvalue weighted by Gasteiger charge is -2.33. The summed E-state index contributed by atoms with van der Waals surface area (Å²) in [6.07, 6.45) is 2.44. The lowest BCUT2D eigenvalue weighted by Crippen LogP contribution is -2.49. The molecule has 1 aromatic carbocycles. The van der Waals surface area contributed by atoms with E-state index in [1.165, 1.54) is 0 Å². The molecule has 0 saturated carbocycles. The van der Waals surface area contributed by atoms with Crippen molar-refractivity contribution in [2.24, 2.45) is 4.99 Å². The fourth-order valence-electron chi connectivity index (χ4n) is 3.62. The first-order valence-electron chi connectivity index (χ1n) is 10.8. The normalized spacial score (nSPS) is 16.9. The number of piperidine rings is 1. The van der Waals surface area contributed by atoms with Crippen LogP contribution < -0.4 is 20.1 Å². The Kier molecular flexibility index (Phi) is 10.8. The average Bonchev–Trinajstić information content (AvgIpc) is 2.78. The second-order valence-electron chi connectivity index (χ2n) is 7.45. The molecular formula is C22H38N4O4. The number of likely N-dealkylation sites (tertiary alicyclic amines) is 1. The summed E-state index contributed by atoms with van der Waals surface area (Å²) in [6, 6.07) is 5.78. The standard InChI is InChI=1S/C22H38N4O4/c1-5-23-22(25-17-9-12-26(13-10-17)11-6-14-28-2)24-16-20(27)19-15-18(29-3)7-8-21(19)30-4/h7-8,15,17,20,27H,5-6,9-14,16H2,1-4H3,(H2,23,24,25). The summed E-state index contributed by atoms with van der Waals surface area (Å²) in [5, 5.41) is 17.5. The predicted molar refractivity (Wildman–Crippen MR) is 120 cm³/mol. The van der Waals surface area contributed by atoms with Crippen molar-refractivity contribution in [2.75, 3.05) is 60.7 Å². The summed E-state index contributed by atoms with van der Waals surface area (Å²) in [4.78, 5) is 7.10. The third kappa shape index (κ3) is 7.66. The van der Waals surface area contributed by atoms with Gasteiger partial charge in [0.15, 0.2) is 5.96 Å². The predicted octanol–water partition coefficient (Wildman–Crippen LogP) is 1.79. The van der Waals surface area contributed by atoms with Gasteiger partial charge < -0.3 is 34.9 Å². The van der Waals surface area contributed by atoms with Gasteiger partial charge in [-0.25, -0.2) is 0 Å². The molecule has 1 aromatic rings. The number of hydrogen-bond donors (Lipinski definition) is 3. The Hall–Kier alpha value is -2.03. The number of aliphatic imine (C=N–C) groups is 1. The number of guanidine groups is 1. The van der Waals surface area contributed by atoms with Crippen molar-refractivity contribution in [1.82, 2.24) is 15.5 Å². The molecule has 1 fully saturated rings. The van der Waals surface area contributed by atoms with E-state index < -0.39 is 6.10 Å². The van der Waals surface area contributed by atoms with Crippen molar-refractivity contribution >= 4 is 5.96 Å². The zero-order valence-electron chi connectivity index (χ0n) is 18.8. The topological polar surface area (TPSA) is 87.6 Å². The first kappa shape index (κ1) is 24.2. The summed E-state index contributed by atoms with van der Waals surface area (Å²) in [5.41, 5.74) is 0.667. The highest BCUT2D eigenvalue weighted by molar-refractivity contribution is 5.80. The molecule has 30 heavy (non-hydrogen) atoms. The zero-order valence-corrected chi connectivity index (χ0v) is 18.8. The third-order valence-corrected chi connectivity index (χ3v) is 5.31. The molecule has 0 aromatic heterocycles. The second-order valence-corrected chi connectivity index (χ2v) is 7.45. The van der Waals surface area contributed by atoms with E-state index in [0.29, 0.717) is 23.1 Å². The minimum Gasteiger partial charge on any atom is -0.497 e. The highest BCUT2D eigenvalue weighted by atomic mass is 16.5. The van der Waals surface area contributed by atoms with E-state index in [2.05, 4.69) is 20.5 Å². The second kappa shape index (κ2) is 13.3. The number of nitrogens with one attached hydrogen (secondary N) is 2. The zero-order chi connectivity index (χ0) is 21.8. The summed E-state index contributed by atoms with van der Waals surface area (Å²) in [5.74, 6) is 2.03. The molecule has 1 aliphatic heterocycles. The number of hydrogen-bond acceptors (Lipinski definition) is 6. The summed E-state index contributed by atoms with van der Waals surface area (Å²) >= 11 is 0. The number of methoxy groups -OCH3 is 3. The molecule has 1 unspecified atom stereocenters. The van der Waals surface area contributed by atoms with Gasteiger partial charge in [-0.05, 0) is 44.4 Å². The van der Waals surface area contributed by atoms with Gasteiger partial charge in [0, 0.05) is 51.5 Å². The lowest BCUT2D eigenvalue weighted by molar-refractivity contribution is 0.155. The molecule has 0 spiro atoms. The summed E-state index contributed by atoms with van der Waals surface area (Å²) in [7, 11) is 4.94. The maximum absolute atomic E-state index is 10.7. The van der Waals surface area contributed by atoms with Gasteiger partial charge in [0.05, 0.1) is 20.8 Å². The average molecular weight is 423 g/mol. The van der Waals surface area contributed by atoms with Crippen LogP contribution in [0.3, 0.4) is 0 Å². The minimum absolute atomic E-state index is 0.231. The molecule has 1 heterocycles. The van der Waals surface area contributed by atoms with E-state index in [0.717, 1.165) is 58.0 Å². The van der Waals surface area contributed by atoms with Crippen molar-refractivity contribution in [3.05, 3.63) is 23.8 Å². The van der Waals surface area contributed by atoms with Crippen molar-refractivity contribution < 1.29 is 19.3 Å². The number of aliphatic hydroxyl groups is 1. The third-order valence-electron chi connectivity index (χ3n) is 5.31. The van der Waals surface area contributed by atoms with Crippen molar-refractivity contribution in [3.63, 3.8) is 0 Å². The number of benzene rings is 1. The highest BCUT2D eigenvalue weighted by Gasteiger charge is 2.20. The van der Waals surface area contributed by atoms with E-state index in [9.17, 15) is 5.11 Å². The Morgan fingerprint density at radius 3 is 2.63 bits per heavy atom. The summed E-state index contributed by atoms with van der Waals surface area (Å²) in [6.45, 7) is 7.08. The highest BCUT2D eigenvalue weighted by Crippen LogP contribution is 2.29. The number of nitrogens with zero attached hydrogens (tertiary/aromatic N) is 2. The largest absolute Gasteiger partial charge is 0.497 e. The van der Waals surface area contributed by atoms with Crippen molar-refractivity contribution in [2.45, 2.75) is 38.3 Å². The molecule has 2 rings (SSSR count). The molecule has 0 radical (unpaired) electrons. The van der Waals surface area contributed by atoms with Crippen molar-refractivity contribution in [3.8, 4) is 11.5 Å². The van der Waals surface area contributed by atoms with E-state index in [1.807, 2.05) is 13.0 Å². The van der Waals surface area contributed by atoms with Crippen LogP contribution in [0.2, 0.25) is 0 Å². The number of ether oxygens (including phenoxy) is 3. The first-order chi connectivity index (χ1) is 14.6. The van der Waals surface area contributed by atoms with Crippen LogP contribution in [0.5, 0.6) is 11.5 Å². The van der Waals surface area contributed by atoms with Gasteiger partial charge in [0.2, 0.25) is 0 Å². The molecule has 3 N–H and O–H groups in total. The summed E-state index contributed by atoms with van der Waals surface area (Å²) < 4.78 is 15.8. The Balaban J connectivity index is 1.92. The van der Waals surface area contributed by atoms with Crippen LogP contribution >= 0.6 is 0 Å². The van der Waals surface area contributed by atoms with Gasteiger partial charge in [-0.3, -0.25) is 4.99 Å². The van der Waals surface area contributed by atoms with Gasteiger partial charge in [-0.1, -0.05) is 0 Å². The molecule has 0 amide bonds. The molecule has 8 nitrogen and oxygen atoms in total. The van der Waals surface area contributed by atoms with E-state index in [-0.39, 0.29) is 6.54 Å². The molecule has 1 aliphatic rings. The van der Waals surface area contributed by atoms with Gasteiger partial charge in [0.1, 0.15) is 17.6 Å². The molecule has 0 aliphatic carbocycles. The smallest absolute Gasteiger partial charge is 0.191 e. The first-order valence-corrected chi connectivity index (χ1v) is 10.8. The van der Waals surface area contributed by atoms with Crippen LogP contribution in [-0.4, -0.2) is 82.7 Å². The fourth-order valence-corrected chi connectivity index (χ4v) is 3.62. The monoisotopic (exact) mass is 422 g/mol. The van der Waals surface area contributed by atoms with Crippen LogP contribution in [0.1, 0.15) is 37.9 Å². The van der Waals surface area contributed by atoms with Gasteiger partial charge >= 0.3 is 0 Å². The van der Waals surface area contributed by atoms with E-state index >= 15 is 0 Å². The lowest BCUT2D eigenvalue weighted by atomic mass is 10.1. The van der Waals surface area contributed by atoms with E-state index in [1.54, 1.807) is 33.5 Å². The molecule has 1 atom stereocenters. The van der Waals surface area contributed by atoms with Crippen LogP contribution in [0.15, 0.2) is 23.2 Å². The molecule has 1 saturated heterocycles. The van der Waals surface area contributed by atoms with Gasteiger partial charge in [-0.15, -0.1) is 0 Å². The molecular weight excluding hydrogens is 384 g/mol. The number of aliphatic hydroxyl groups excluding tert-OH is 1. The SMILES string of the molecule is CCNC(=NCC(O)c1cc(OC)ccc1OC)NC1CCN(CCCOC)CC1. The fraction of sp³-hybridized carbons (Fsp3) is 0.682. The molecule has 8 heteroatoms. The van der Waals surface area contributed by atoms with Crippen molar-refractivity contribution in [1.29, 1.82) is 0 Å². The Morgan fingerprint density at radius 2 is 2.00 bits per heavy atom. The molecule has 170 valence electrons. The maximum Gasteiger partial charge on any atom is 0.191 e. The quantitative estimate of drug-likeness (QED) is 0.285. The maximum atomic E-state index is 10.7. The molecule has 0 bridgehead atoms. The Morgan fingerprint density at radius 1 is 1.23 bits per heavy atom. The van der Waals surface area contributed by atoms with Gasteiger partial charge in [0.25, 0.3) is 0 Å². The minimum atomic E-state index is -0.784. The van der Waals surface area contributed by atoms with Crippen LogP contribution in [0.25, 0.3) is 0 Å². The van der Waals surface area contributed by atoms with E-state index in [4.69, 9.17) is 14.2 Å². The van der Waals surface area contributed by atoms with Crippen LogP contribution in [-0.2, 0) is 4.74 Å². The van der Waals surface area contributed by atoms with Crippen LogP contribution in [0.4, 0.5) is 0 Å².